The molecule has 0 radical (unpaired) electrons. The topological polar surface area (TPSA) is 111 Å². The molecule has 0 saturated carbocycles. The Morgan fingerprint density at radius 1 is 1.06 bits per heavy atom. The van der Waals surface area contributed by atoms with Crippen LogP contribution in [-0.2, 0) is 22.6 Å². The van der Waals surface area contributed by atoms with Gasteiger partial charge in [-0.1, -0.05) is 25.1 Å². The Hall–Kier alpha value is -4.51. The van der Waals surface area contributed by atoms with Crippen molar-refractivity contribution >= 4 is 18.0 Å². The number of rotatable bonds is 11. The first-order valence-electron chi connectivity index (χ1n) is 11.1. The minimum absolute atomic E-state index is 0.0912. The van der Waals surface area contributed by atoms with Crippen LogP contribution in [0.25, 0.3) is 6.08 Å². The van der Waals surface area contributed by atoms with E-state index >= 15 is 0 Å². The van der Waals surface area contributed by atoms with E-state index in [2.05, 4.69) is 5.32 Å². The molecule has 0 spiro atoms. The van der Waals surface area contributed by atoms with E-state index in [9.17, 15) is 14.9 Å². The summed E-state index contributed by atoms with van der Waals surface area (Å²) in [6.07, 6.45) is 3.79. The Balaban J connectivity index is 1.67. The molecule has 2 aromatic carbocycles. The summed E-state index contributed by atoms with van der Waals surface area (Å²) in [7, 11) is 0. The molecule has 0 aliphatic heterocycles. The standard InChI is InChI=1S/C27H26N2O6/c1-3-19-7-5-8-22(14-19)34-18-26(30)35-24-11-10-20(15-25(24)32-4-2)13-21(16-28)27(31)29-17-23-9-6-12-33-23/h5-15H,3-4,17-18H2,1-2H3,(H,29,31)/b21-13+. The maximum atomic E-state index is 12.4. The molecule has 0 unspecified atom stereocenters. The SMILES string of the molecule is CCOc1cc(/C=C(\C#N)C(=O)NCc2ccco2)ccc1OC(=O)COc1cccc(CC)c1. The summed E-state index contributed by atoms with van der Waals surface area (Å²) >= 11 is 0. The molecule has 1 heterocycles. The van der Waals surface area contributed by atoms with E-state index in [-0.39, 0.29) is 24.5 Å². The van der Waals surface area contributed by atoms with Crippen molar-refractivity contribution in [1.82, 2.24) is 5.32 Å². The smallest absolute Gasteiger partial charge is 0.349 e. The fourth-order valence-corrected chi connectivity index (χ4v) is 3.11. The second-order valence-electron chi connectivity index (χ2n) is 7.33. The predicted molar refractivity (Wildman–Crippen MR) is 129 cm³/mol. The minimum atomic E-state index is -0.592. The lowest BCUT2D eigenvalue weighted by Gasteiger charge is -2.12. The number of nitrogens with zero attached hydrogens (tertiary/aromatic N) is 1. The molecular formula is C27H26N2O6. The molecule has 1 amide bonds. The highest BCUT2D eigenvalue weighted by molar-refractivity contribution is 6.01. The van der Waals surface area contributed by atoms with Gasteiger partial charge in [0.15, 0.2) is 18.1 Å². The van der Waals surface area contributed by atoms with Crippen LogP contribution in [0.3, 0.4) is 0 Å². The zero-order valence-corrected chi connectivity index (χ0v) is 19.6. The molecule has 3 rings (SSSR count). The Morgan fingerprint density at radius 3 is 2.63 bits per heavy atom. The van der Waals surface area contributed by atoms with Gasteiger partial charge >= 0.3 is 5.97 Å². The number of esters is 1. The average Bonchev–Trinajstić information content (AvgIpc) is 3.40. The molecule has 180 valence electrons. The van der Waals surface area contributed by atoms with Crippen molar-refractivity contribution in [1.29, 1.82) is 5.26 Å². The zero-order valence-electron chi connectivity index (χ0n) is 19.6. The van der Waals surface area contributed by atoms with Crippen LogP contribution >= 0.6 is 0 Å². The number of ether oxygens (including phenoxy) is 3. The second kappa shape index (κ2) is 12.7. The summed E-state index contributed by atoms with van der Waals surface area (Å²) in [5.41, 5.74) is 1.54. The van der Waals surface area contributed by atoms with Gasteiger partial charge in [-0.15, -0.1) is 0 Å². The molecule has 0 atom stereocenters. The molecule has 1 N–H and O–H groups in total. The number of benzene rings is 2. The number of nitriles is 1. The summed E-state index contributed by atoms with van der Waals surface area (Å²) in [5, 5.41) is 12.1. The van der Waals surface area contributed by atoms with Crippen LogP contribution in [0.1, 0.15) is 30.7 Å². The normalized spacial score (nSPS) is 10.8. The maximum Gasteiger partial charge on any atom is 0.349 e. The van der Waals surface area contributed by atoms with Gasteiger partial charge in [-0.2, -0.15) is 5.26 Å². The third-order valence-corrected chi connectivity index (χ3v) is 4.83. The fourth-order valence-electron chi connectivity index (χ4n) is 3.11. The molecule has 3 aromatic rings. The van der Waals surface area contributed by atoms with Gasteiger partial charge in [-0.05, 0) is 66.9 Å². The van der Waals surface area contributed by atoms with Crippen LogP contribution in [0.4, 0.5) is 0 Å². The van der Waals surface area contributed by atoms with E-state index in [0.29, 0.717) is 29.4 Å². The minimum Gasteiger partial charge on any atom is -0.490 e. The highest BCUT2D eigenvalue weighted by Crippen LogP contribution is 2.29. The fraction of sp³-hybridized carbons (Fsp3) is 0.222. The Labute approximate surface area is 203 Å². The van der Waals surface area contributed by atoms with Gasteiger partial charge in [0.2, 0.25) is 0 Å². The van der Waals surface area contributed by atoms with Crippen molar-refractivity contribution in [3.63, 3.8) is 0 Å². The number of hydrogen-bond donors (Lipinski definition) is 1. The zero-order chi connectivity index (χ0) is 25.0. The van der Waals surface area contributed by atoms with Crippen LogP contribution in [0.5, 0.6) is 17.2 Å². The summed E-state index contributed by atoms with van der Waals surface area (Å²) in [6, 6.07) is 17.6. The highest BCUT2D eigenvalue weighted by Gasteiger charge is 2.14. The Kier molecular flexibility index (Phi) is 9.08. The van der Waals surface area contributed by atoms with Crippen molar-refractivity contribution < 1.29 is 28.2 Å². The van der Waals surface area contributed by atoms with Crippen molar-refractivity contribution in [2.75, 3.05) is 13.2 Å². The lowest BCUT2D eigenvalue weighted by Crippen LogP contribution is -2.23. The van der Waals surface area contributed by atoms with Gasteiger partial charge < -0.3 is 23.9 Å². The molecule has 0 aliphatic rings. The van der Waals surface area contributed by atoms with E-state index < -0.39 is 11.9 Å². The van der Waals surface area contributed by atoms with Crippen LogP contribution in [0.15, 0.2) is 70.9 Å². The summed E-state index contributed by atoms with van der Waals surface area (Å²) in [4.78, 5) is 24.7. The van der Waals surface area contributed by atoms with Crippen LogP contribution in [0.2, 0.25) is 0 Å². The monoisotopic (exact) mass is 474 g/mol. The van der Waals surface area contributed by atoms with E-state index in [1.54, 1.807) is 43.3 Å². The van der Waals surface area contributed by atoms with Crippen LogP contribution in [0, 0.1) is 11.3 Å². The molecule has 1 aromatic heterocycles. The van der Waals surface area contributed by atoms with Crippen LogP contribution in [-0.4, -0.2) is 25.1 Å². The Bertz CT molecular complexity index is 1220. The number of nitrogens with one attached hydrogen (secondary N) is 1. The summed E-state index contributed by atoms with van der Waals surface area (Å²) in [6.45, 7) is 4.05. The quantitative estimate of drug-likeness (QED) is 0.189. The summed E-state index contributed by atoms with van der Waals surface area (Å²) in [5.74, 6) is 0.535. The number of furan rings is 1. The van der Waals surface area contributed by atoms with Crippen molar-refractivity contribution in [2.45, 2.75) is 26.8 Å². The largest absolute Gasteiger partial charge is 0.490 e. The molecule has 35 heavy (non-hydrogen) atoms. The van der Waals surface area contributed by atoms with Gasteiger partial charge in [-0.3, -0.25) is 4.79 Å². The van der Waals surface area contributed by atoms with Gasteiger partial charge in [-0.25, -0.2) is 4.79 Å². The predicted octanol–water partition coefficient (Wildman–Crippen LogP) is 4.45. The molecule has 0 aliphatic carbocycles. The van der Waals surface area contributed by atoms with Crippen molar-refractivity contribution in [3.8, 4) is 23.3 Å². The van der Waals surface area contributed by atoms with Crippen molar-refractivity contribution in [2.24, 2.45) is 0 Å². The van der Waals surface area contributed by atoms with E-state index in [1.807, 2.05) is 31.2 Å². The third kappa shape index (κ3) is 7.51. The van der Waals surface area contributed by atoms with E-state index in [4.69, 9.17) is 18.6 Å². The number of carbonyl (C=O) groups is 2. The van der Waals surface area contributed by atoms with Crippen molar-refractivity contribution in [3.05, 3.63) is 83.3 Å². The summed E-state index contributed by atoms with van der Waals surface area (Å²) < 4.78 is 21.7. The van der Waals surface area contributed by atoms with Gasteiger partial charge in [0.1, 0.15) is 23.2 Å². The maximum absolute atomic E-state index is 12.4. The molecule has 0 saturated heterocycles. The lowest BCUT2D eigenvalue weighted by atomic mass is 10.1. The molecule has 8 heteroatoms. The highest BCUT2D eigenvalue weighted by atomic mass is 16.6. The Morgan fingerprint density at radius 2 is 1.91 bits per heavy atom. The number of amides is 1. The number of hydrogen-bond acceptors (Lipinski definition) is 7. The molecular weight excluding hydrogens is 448 g/mol. The lowest BCUT2D eigenvalue weighted by molar-refractivity contribution is -0.136. The van der Waals surface area contributed by atoms with Gasteiger partial charge in [0.25, 0.3) is 5.91 Å². The molecule has 0 fully saturated rings. The number of carbonyl (C=O) groups excluding carboxylic acids is 2. The van der Waals surface area contributed by atoms with Crippen LogP contribution < -0.4 is 19.5 Å². The first kappa shape index (κ1) is 25.1. The first-order chi connectivity index (χ1) is 17.0. The van der Waals surface area contributed by atoms with E-state index in [0.717, 1.165) is 12.0 Å². The van der Waals surface area contributed by atoms with Gasteiger partial charge in [0, 0.05) is 0 Å². The molecule has 8 nitrogen and oxygen atoms in total. The third-order valence-electron chi connectivity index (χ3n) is 4.83. The van der Waals surface area contributed by atoms with E-state index in [1.165, 1.54) is 12.3 Å². The first-order valence-corrected chi connectivity index (χ1v) is 11.1. The molecule has 0 bridgehead atoms. The number of aryl methyl sites for hydroxylation is 1. The second-order valence-corrected chi connectivity index (χ2v) is 7.33. The average molecular weight is 475 g/mol. The van der Waals surface area contributed by atoms with Gasteiger partial charge in [0.05, 0.1) is 19.4 Å².